The lowest BCUT2D eigenvalue weighted by Crippen LogP contribution is -2.08. The minimum atomic E-state index is 0.291. The molecule has 0 fully saturated rings. The minimum Gasteiger partial charge on any atom is -0.361 e. The highest BCUT2D eigenvalue weighted by Crippen LogP contribution is 2.19. The molecule has 0 aliphatic rings. The van der Waals surface area contributed by atoms with Crippen LogP contribution in [0.15, 0.2) is 16.8 Å². The predicted octanol–water partition coefficient (Wildman–Crippen LogP) is 2.26. The van der Waals surface area contributed by atoms with Crippen LogP contribution in [0.25, 0.3) is 0 Å². The summed E-state index contributed by atoms with van der Waals surface area (Å²) in [5.41, 5.74) is 0.291. The van der Waals surface area contributed by atoms with Gasteiger partial charge in [0.1, 0.15) is 5.76 Å². The first-order valence-electron chi connectivity index (χ1n) is 3.47. The molecule has 10 heavy (non-hydrogen) atoms. The Morgan fingerprint density at radius 3 is 2.60 bits per heavy atom. The van der Waals surface area contributed by atoms with Crippen LogP contribution in [0.5, 0.6) is 0 Å². The second-order valence-corrected chi connectivity index (χ2v) is 3.72. The zero-order valence-electron chi connectivity index (χ0n) is 6.72. The van der Waals surface area contributed by atoms with Crippen molar-refractivity contribution in [3.8, 4) is 0 Å². The molecule has 0 atom stereocenters. The fraction of sp³-hybridized carbons (Fsp3) is 0.625. The van der Waals surface area contributed by atoms with Gasteiger partial charge >= 0.3 is 0 Å². The molecule has 0 aliphatic heterocycles. The molecule has 0 bridgehead atoms. The maximum Gasteiger partial charge on any atom is 0.137 e. The summed E-state index contributed by atoms with van der Waals surface area (Å²) in [7, 11) is 0. The van der Waals surface area contributed by atoms with Gasteiger partial charge in [0.15, 0.2) is 0 Å². The van der Waals surface area contributed by atoms with Gasteiger partial charge in [-0.2, -0.15) is 0 Å². The Labute approximate surface area is 61.2 Å². The molecule has 0 unspecified atom stereocenters. The van der Waals surface area contributed by atoms with Crippen LogP contribution in [-0.4, -0.2) is 5.16 Å². The molecule has 1 aromatic rings. The molecule has 0 radical (unpaired) electrons. The van der Waals surface area contributed by atoms with Gasteiger partial charge in [0.25, 0.3) is 0 Å². The third-order valence-electron chi connectivity index (χ3n) is 1.20. The van der Waals surface area contributed by atoms with E-state index in [4.69, 9.17) is 4.52 Å². The van der Waals surface area contributed by atoms with E-state index in [9.17, 15) is 0 Å². The summed E-state index contributed by atoms with van der Waals surface area (Å²) in [5, 5.41) is 3.63. The molecule has 1 aromatic heterocycles. The normalized spacial score (nSPS) is 11.9. The smallest absolute Gasteiger partial charge is 0.137 e. The molecule has 0 aliphatic carbocycles. The Morgan fingerprint density at radius 1 is 1.50 bits per heavy atom. The van der Waals surface area contributed by atoms with E-state index in [0.29, 0.717) is 5.41 Å². The van der Waals surface area contributed by atoms with Crippen molar-refractivity contribution in [2.75, 3.05) is 0 Å². The lowest BCUT2D eigenvalue weighted by molar-refractivity contribution is 0.320. The van der Waals surface area contributed by atoms with Gasteiger partial charge in [-0.25, -0.2) is 0 Å². The molecular weight excluding hydrogens is 126 g/mol. The number of hydrogen-bond donors (Lipinski definition) is 0. The average molecular weight is 139 g/mol. The van der Waals surface area contributed by atoms with Gasteiger partial charge in [0.05, 0.1) is 6.20 Å². The molecule has 56 valence electrons. The number of hydrogen-bond acceptors (Lipinski definition) is 2. The van der Waals surface area contributed by atoms with Gasteiger partial charge in [-0.15, -0.1) is 0 Å². The summed E-state index contributed by atoms with van der Waals surface area (Å²) in [6.07, 6.45) is 2.63. The largest absolute Gasteiger partial charge is 0.361 e. The summed E-state index contributed by atoms with van der Waals surface area (Å²) in [6, 6.07) is 1.91. The lowest BCUT2D eigenvalue weighted by Gasteiger charge is -2.14. The first-order valence-corrected chi connectivity index (χ1v) is 3.47. The van der Waals surface area contributed by atoms with Crippen molar-refractivity contribution in [1.29, 1.82) is 0 Å². The molecule has 2 heteroatoms. The van der Waals surface area contributed by atoms with Crippen LogP contribution >= 0.6 is 0 Å². The molecule has 0 saturated carbocycles. The van der Waals surface area contributed by atoms with E-state index in [1.807, 2.05) is 6.07 Å². The quantitative estimate of drug-likeness (QED) is 0.596. The van der Waals surface area contributed by atoms with Crippen molar-refractivity contribution >= 4 is 0 Å². The van der Waals surface area contributed by atoms with Crippen molar-refractivity contribution in [1.82, 2.24) is 5.16 Å². The Hall–Kier alpha value is -0.790. The standard InChI is InChI=1S/C8H13NO/c1-8(2,3)6-7-4-5-9-10-7/h4-5H,6H2,1-3H3. The molecule has 1 heterocycles. The van der Waals surface area contributed by atoms with Gasteiger partial charge < -0.3 is 4.52 Å². The zero-order valence-corrected chi connectivity index (χ0v) is 6.72. The van der Waals surface area contributed by atoms with Crippen LogP contribution in [0.3, 0.4) is 0 Å². The molecule has 1 rings (SSSR count). The molecule has 0 N–H and O–H groups in total. The van der Waals surface area contributed by atoms with E-state index in [0.717, 1.165) is 12.2 Å². The van der Waals surface area contributed by atoms with Crippen molar-refractivity contribution in [3.63, 3.8) is 0 Å². The SMILES string of the molecule is CC(C)(C)Cc1ccno1. The highest BCUT2D eigenvalue weighted by molar-refractivity contribution is 4.95. The van der Waals surface area contributed by atoms with Crippen LogP contribution < -0.4 is 0 Å². The van der Waals surface area contributed by atoms with Crippen molar-refractivity contribution in [2.45, 2.75) is 27.2 Å². The first kappa shape index (κ1) is 7.32. The summed E-state index contributed by atoms with van der Waals surface area (Å²) in [4.78, 5) is 0. The molecular formula is C8H13NO. The van der Waals surface area contributed by atoms with E-state index in [1.54, 1.807) is 6.20 Å². The van der Waals surface area contributed by atoms with Crippen molar-refractivity contribution in [2.24, 2.45) is 5.41 Å². The molecule has 0 aromatic carbocycles. The van der Waals surface area contributed by atoms with Crippen LogP contribution in [0.2, 0.25) is 0 Å². The van der Waals surface area contributed by atoms with Crippen LogP contribution in [0.4, 0.5) is 0 Å². The maximum atomic E-state index is 4.96. The van der Waals surface area contributed by atoms with Gasteiger partial charge in [0.2, 0.25) is 0 Å². The second-order valence-electron chi connectivity index (χ2n) is 3.72. The van der Waals surface area contributed by atoms with E-state index in [-0.39, 0.29) is 0 Å². The van der Waals surface area contributed by atoms with Gasteiger partial charge in [0, 0.05) is 12.5 Å². The third kappa shape index (κ3) is 2.21. The average Bonchev–Trinajstić information content (AvgIpc) is 2.12. The van der Waals surface area contributed by atoms with Gasteiger partial charge in [-0.3, -0.25) is 0 Å². The zero-order chi connectivity index (χ0) is 7.61. The monoisotopic (exact) mass is 139 g/mol. The first-order chi connectivity index (χ1) is 4.58. The highest BCUT2D eigenvalue weighted by atomic mass is 16.5. The second kappa shape index (κ2) is 2.45. The van der Waals surface area contributed by atoms with E-state index in [2.05, 4.69) is 25.9 Å². The molecule has 0 spiro atoms. The van der Waals surface area contributed by atoms with Crippen LogP contribution in [0, 0.1) is 5.41 Å². The summed E-state index contributed by atoms with van der Waals surface area (Å²) < 4.78 is 4.96. The van der Waals surface area contributed by atoms with Crippen molar-refractivity contribution < 1.29 is 4.52 Å². The third-order valence-corrected chi connectivity index (χ3v) is 1.20. The Kier molecular flexibility index (Phi) is 1.79. The molecule has 0 amide bonds. The van der Waals surface area contributed by atoms with Crippen molar-refractivity contribution in [3.05, 3.63) is 18.0 Å². The lowest BCUT2D eigenvalue weighted by atomic mass is 9.91. The van der Waals surface area contributed by atoms with Crippen LogP contribution in [0.1, 0.15) is 26.5 Å². The van der Waals surface area contributed by atoms with E-state index in [1.165, 1.54) is 0 Å². The number of rotatable bonds is 1. The highest BCUT2D eigenvalue weighted by Gasteiger charge is 2.12. The van der Waals surface area contributed by atoms with Gasteiger partial charge in [-0.1, -0.05) is 25.9 Å². The Morgan fingerprint density at radius 2 is 2.20 bits per heavy atom. The summed E-state index contributed by atoms with van der Waals surface area (Å²) in [5.74, 6) is 0.965. The number of aromatic nitrogens is 1. The molecule has 2 nitrogen and oxygen atoms in total. The Balaban J connectivity index is 2.57. The minimum absolute atomic E-state index is 0.291. The fourth-order valence-electron chi connectivity index (χ4n) is 0.856. The fourth-order valence-corrected chi connectivity index (χ4v) is 0.856. The summed E-state index contributed by atoms with van der Waals surface area (Å²) in [6.45, 7) is 6.53. The number of nitrogens with zero attached hydrogens (tertiary/aromatic N) is 1. The van der Waals surface area contributed by atoms with Crippen LogP contribution in [-0.2, 0) is 6.42 Å². The molecule has 0 saturated heterocycles. The maximum absolute atomic E-state index is 4.96. The Bertz CT molecular complexity index is 184. The van der Waals surface area contributed by atoms with E-state index < -0.39 is 0 Å². The predicted molar refractivity (Wildman–Crippen MR) is 39.7 cm³/mol. The topological polar surface area (TPSA) is 26.0 Å². The van der Waals surface area contributed by atoms with Gasteiger partial charge in [-0.05, 0) is 5.41 Å². The summed E-state index contributed by atoms with van der Waals surface area (Å²) >= 11 is 0. The van der Waals surface area contributed by atoms with E-state index >= 15 is 0 Å².